The summed E-state index contributed by atoms with van der Waals surface area (Å²) in [5, 5.41) is 1.99. The molecule has 0 amide bonds. The molecular formula is C29H20IrN2S-2. The predicted molar refractivity (Wildman–Crippen MR) is 135 cm³/mol. The third-order valence-corrected chi connectivity index (χ3v) is 6.07. The molecule has 0 unspecified atom stereocenters. The summed E-state index contributed by atoms with van der Waals surface area (Å²) >= 11 is 1.65. The molecule has 0 spiro atoms. The number of fused-ring (bicyclic) bond motifs is 3. The Morgan fingerprint density at radius 1 is 0.818 bits per heavy atom. The predicted octanol–water partition coefficient (Wildman–Crippen LogP) is 7.77. The summed E-state index contributed by atoms with van der Waals surface area (Å²) < 4.78 is 33.6. The summed E-state index contributed by atoms with van der Waals surface area (Å²) in [6, 6.07) is 29.2. The molecule has 2 nitrogen and oxygen atoms in total. The Kier molecular flexibility index (Phi) is 5.89. The topological polar surface area (TPSA) is 25.8 Å². The van der Waals surface area contributed by atoms with Crippen LogP contribution < -0.4 is 0 Å². The van der Waals surface area contributed by atoms with Crippen LogP contribution in [0.5, 0.6) is 0 Å². The molecule has 0 aliphatic heterocycles. The Hall–Kier alpha value is -3.17. The summed E-state index contributed by atoms with van der Waals surface area (Å²) in [6.07, 6.45) is 1.59. The van der Waals surface area contributed by atoms with Gasteiger partial charge in [-0.1, -0.05) is 47.8 Å². The second-order valence-corrected chi connectivity index (χ2v) is 8.22. The molecule has 4 heteroatoms. The van der Waals surface area contributed by atoms with Gasteiger partial charge < -0.3 is 9.97 Å². The number of aryl methyl sites for hydroxylation is 1. The van der Waals surface area contributed by atoms with Gasteiger partial charge in [0.15, 0.2) is 0 Å². The van der Waals surface area contributed by atoms with E-state index in [1.807, 2.05) is 73.8 Å². The molecule has 0 bridgehead atoms. The maximum atomic E-state index is 8.14. The average molecular weight is 625 g/mol. The van der Waals surface area contributed by atoms with Gasteiger partial charge in [-0.2, -0.15) is 11.3 Å². The van der Waals surface area contributed by atoms with Crippen LogP contribution in [0.25, 0.3) is 42.7 Å². The molecule has 0 aliphatic rings. The van der Waals surface area contributed by atoms with Gasteiger partial charge >= 0.3 is 0 Å². The van der Waals surface area contributed by atoms with Crippen molar-refractivity contribution in [3.8, 4) is 22.5 Å². The number of aromatic nitrogens is 2. The zero-order valence-corrected chi connectivity index (χ0v) is 20.9. The molecular weight excluding hydrogens is 601 g/mol. The summed E-state index contributed by atoms with van der Waals surface area (Å²) in [5.74, 6) is 0. The van der Waals surface area contributed by atoms with Crippen molar-refractivity contribution in [2.75, 3.05) is 0 Å². The first-order chi connectivity index (χ1) is 17.4. The van der Waals surface area contributed by atoms with Gasteiger partial charge in [0.25, 0.3) is 0 Å². The summed E-state index contributed by atoms with van der Waals surface area (Å²) in [5.41, 5.74) is 4.06. The van der Waals surface area contributed by atoms with Gasteiger partial charge in [-0.05, 0) is 46.1 Å². The minimum atomic E-state index is -0.318. The molecule has 3 aromatic heterocycles. The Balaban J connectivity index is 0.000000195. The number of pyridine rings is 2. The van der Waals surface area contributed by atoms with Gasteiger partial charge in [0.05, 0.1) is 5.48 Å². The largest absolute Gasteiger partial charge is 0.305 e. The van der Waals surface area contributed by atoms with E-state index < -0.39 is 0 Å². The monoisotopic (exact) mass is 625 g/mol. The number of hydrogen-bond donors (Lipinski definition) is 0. The van der Waals surface area contributed by atoms with Crippen molar-refractivity contribution in [2.45, 2.75) is 6.92 Å². The van der Waals surface area contributed by atoms with Gasteiger partial charge in [0.2, 0.25) is 0 Å². The first-order valence-electron chi connectivity index (χ1n) is 12.1. The van der Waals surface area contributed by atoms with E-state index in [1.54, 1.807) is 17.4 Å². The van der Waals surface area contributed by atoms with Gasteiger partial charge in [-0.3, -0.25) is 0 Å². The van der Waals surface area contributed by atoms with E-state index in [0.29, 0.717) is 5.56 Å². The quantitative estimate of drug-likeness (QED) is 0.184. The average Bonchev–Trinajstić information content (AvgIpc) is 3.30. The van der Waals surface area contributed by atoms with Crippen LogP contribution in [0.15, 0.2) is 103 Å². The molecule has 0 N–H and O–H groups in total. The first-order valence-corrected chi connectivity index (χ1v) is 10.9. The van der Waals surface area contributed by atoms with Crippen molar-refractivity contribution >= 4 is 31.5 Å². The SMILES string of the molecule is Cc1ccc(-c2[c-]cccc2)nc1.[2H]c1nc(-c2[c-]ccc3sc4ccccc4c23)c([2H])c([2H])c1[2H].[Ir]. The van der Waals surface area contributed by atoms with Crippen LogP contribution in [0.3, 0.4) is 0 Å². The van der Waals surface area contributed by atoms with E-state index in [4.69, 9.17) is 5.48 Å². The van der Waals surface area contributed by atoms with Gasteiger partial charge in [-0.15, -0.1) is 59.7 Å². The second kappa shape index (κ2) is 10.6. The molecule has 6 rings (SSSR count). The smallest absolute Gasteiger partial charge is 0.0830 e. The Morgan fingerprint density at radius 2 is 1.70 bits per heavy atom. The van der Waals surface area contributed by atoms with Crippen molar-refractivity contribution in [3.63, 3.8) is 0 Å². The molecule has 3 heterocycles. The van der Waals surface area contributed by atoms with Crippen LogP contribution in [-0.2, 0) is 20.1 Å². The maximum Gasteiger partial charge on any atom is 0.0830 e. The summed E-state index contributed by atoms with van der Waals surface area (Å²) in [4.78, 5) is 8.40. The first kappa shape index (κ1) is 18.3. The van der Waals surface area contributed by atoms with Crippen molar-refractivity contribution in [1.82, 2.24) is 9.97 Å². The molecule has 0 atom stereocenters. The molecule has 0 fully saturated rings. The molecule has 0 saturated carbocycles. The molecule has 33 heavy (non-hydrogen) atoms. The zero-order chi connectivity index (χ0) is 25.2. The molecule has 1 radical (unpaired) electrons. The van der Waals surface area contributed by atoms with Crippen LogP contribution in [0.4, 0.5) is 0 Å². The fourth-order valence-corrected chi connectivity index (χ4v) is 4.54. The second-order valence-electron chi connectivity index (χ2n) is 7.13. The van der Waals surface area contributed by atoms with Gasteiger partial charge in [0.1, 0.15) is 0 Å². The van der Waals surface area contributed by atoms with Crippen molar-refractivity contribution in [2.24, 2.45) is 0 Å². The van der Waals surface area contributed by atoms with Gasteiger partial charge in [0, 0.05) is 37.2 Å². The normalized spacial score (nSPS) is 12.0. The van der Waals surface area contributed by atoms with Crippen molar-refractivity contribution in [3.05, 3.63) is 121 Å². The van der Waals surface area contributed by atoms with Gasteiger partial charge in [-0.25, -0.2) is 0 Å². The Bertz CT molecular complexity index is 1690. The zero-order valence-electron chi connectivity index (χ0n) is 21.6. The maximum absolute atomic E-state index is 8.14. The Morgan fingerprint density at radius 3 is 2.52 bits per heavy atom. The van der Waals surface area contributed by atoms with Crippen molar-refractivity contribution in [1.29, 1.82) is 0 Å². The molecule has 163 valence electrons. The van der Waals surface area contributed by atoms with Crippen LogP contribution in [0, 0.1) is 19.1 Å². The summed E-state index contributed by atoms with van der Waals surface area (Å²) in [6.45, 7) is 2.03. The fraction of sp³-hybridized carbons (Fsp3) is 0.0345. The number of hydrogen-bond acceptors (Lipinski definition) is 3. The van der Waals surface area contributed by atoms with E-state index in [-0.39, 0.29) is 50.1 Å². The Labute approximate surface area is 217 Å². The van der Waals surface area contributed by atoms with Crippen molar-refractivity contribution < 1.29 is 25.6 Å². The number of benzene rings is 3. The van der Waals surface area contributed by atoms with Crippen LogP contribution >= 0.6 is 11.3 Å². The number of nitrogens with zero attached hydrogens (tertiary/aromatic N) is 2. The molecule has 3 aromatic carbocycles. The molecule has 0 saturated heterocycles. The van der Waals surface area contributed by atoms with E-state index in [1.165, 1.54) is 5.56 Å². The van der Waals surface area contributed by atoms with E-state index in [9.17, 15) is 0 Å². The standard InChI is InChI=1S/C17H10NS.C12H10N.Ir/c1-2-9-15-13(6-1)17-12(7-5-10-16(17)19-15)14-8-3-4-11-18-14;1-10-7-8-12(13-9-10)11-5-3-2-4-6-11;/h1-6,8-11H;2-5,7-9H,1H3;/q2*-1;/i3D,4D,8D,11D;;. The fourth-order valence-electron chi connectivity index (χ4n) is 3.43. The number of thiophene rings is 1. The third kappa shape index (κ3) is 5.09. The van der Waals surface area contributed by atoms with Crippen LogP contribution in [0.2, 0.25) is 0 Å². The molecule has 6 aromatic rings. The minimum Gasteiger partial charge on any atom is -0.305 e. The van der Waals surface area contributed by atoms with E-state index in [2.05, 4.69) is 28.2 Å². The van der Waals surface area contributed by atoms with E-state index in [0.717, 1.165) is 31.4 Å². The molecule has 0 aliphatic carbocycles. The third-order valence-electron chi connectivity index (χ3n) is 4.94. The number of rotatable bonds is 2. The minimum absolute atomic E-state index is 0. The van der Waals surface area contributed by atoms with Crippen LogP contribution in [-0.4, -0.2) is 9.97 Å². The summed E-state index contributed by atoms with van der Waals surface area (Å²) in [7, 11) is 0. The van der Waals surface area contributed by atoms with Crippen LogP contribution in [0.1, 0.15) is 11.0 Å². The van der Waals surface area contributed by atoms with E-state index >= 15 is 0 Å².